The highest BCUT2D eigenvalue weighted by Gasteiger charge is 2.33. The van der Waals surface area contributed by atoms with Crippen molar-refractivity contribution < 1.29 is 9.90 Å². The van der Waals surface area contributed by atoms with Crippen molar-refractivity contribution in [2.24, 2.45) is 5.92 Å². The summed E-state index contributed by atoms with van der Waals surface area (Å²) in [5.74, 6) is 0.0575. The molecule has 3 nitrogen and oxygen atoms in total. The standard InChI is InChI=1S/C15H20ClNO2/c1-11(9-12-3-2-4-13(16)10-12)15(19)17(7-8-18)14-5-6-14/h2-4,10-11,14,18H,5-9H2,1H3. The van der Waals surface area contributed by atoms with Gasteiger partial charge in [0.05, 0.1) is 6.61 Å². The van der Waals surface area contributed by atoms with E-state index in [1.54, 1.807) is 0 Å². The second-order valence-corrected chi connectivity index (χ2v) is 5.66. The Morgan fingerprint density at radius 1 is 1.53 bits per heavy atom. The number of nitrogens with zero attached hydrogens (tertiary/aromatic N) is 1. The molecular weight excluding hydrogens is 262 g/mol. The van der Waals surface area contributed by atoms with Gasteiger partial charge in [-0.2, -0.15) is 0 Å². The van der Waals surface area contributed by atoms with Gasteiger partial charge in [0.1, 0.15) is 0 Å². The van der Waals surface area contributed by atoms with Crippen molar-refractivity contribution >= 4 is 17.5 Å². The highest BCUT2D eigenvalue weighted by molar-refractivity contribution is 6.30. The van der Waals surface area contributed by atoms with Gasteiger partial charge in [-0.25, -0.2) is 0 Å². The number of hydrogen-bond donors (Lipinski definition) is 1. The molecule has 1 aromatic carbocycles. The van der Waals surface area contributed by atoms with E-state index in [-0.39, 0.29) is 18.4 Å². The molecule has 1 N–H and O–H groups in total. The van der Waals surface area contributed by atoms with Crippen LogP contribution in [-0.2, 0) is 11.2 Å². The quantitative estimate of drug-likeness (QED) is 0.870. The van der Waals surface area contributed by atoms with Crippen molar-refractivity contribution in [1.82, 2.24) is 4.90 Å². The average molecular weight is 282 g/mol. The Morgan fingerprint density at radius 2 is 2.26 bits per heavy atom. The zero-order valence-electron chi connectivity index (χ0n) is 11.2. The van der Waals surface area contributed by atoms with Gasteiger partial charge >= 0.3 is 0 Å². The van der Waals surface area contributed by atoms with Crippen molar-refractivity contribution in [3.63, 3.8) is 0 Å². The molecule has 1 unspecified atom stereocenters. The SMILES string of the molecule is CC(Cc1cccc(Cl)c1)C(=O)N(CCO)C1CC1. The minimum atomic E-state index is -0.0781. The predicted molar refractivity (Wildman–Crippen MR) is 76.1 cm³/mol. The molecular formula is C15H20ClNO2. The van der Waals surface area contributed by atoms with E-state index in [1.165, 1.54) is 0 Å². The molecule has 1 aliphatic rings. The summed E-state index contributed by atoms with van der Waals surface area (Å²) in [5, 5.41) is 9.76. The molecule has 2 rings (SSSR count). The summed E-state index contributed by atoms with van der Waals surface area (Å²) >= 11 is 5.95. The number of aliphatic hydroxyl groups is 1. The highest BCUT2D eigenvalue weighted by atomic mass is 35.5. The molecule has 104 valence electrons. The number of carbonyl (C=O) groups is 1. The maximum absolute atomic E-state index is 12.4. The zero-order valence-corrected chi connectivity index (χ0v) is 11.9. The lowest BCUT2D eigenvalue weighted by Gasteiger charge is -2.25. The van der Waals surface area contributed by atoms with Crippen LogP contribution in [0.15, 0.2) is 24.3 Å². The van der Waals surface area contributed by atoms with Gasteiger partial charge in [0.25, 0.3) is 0 Å². The third-order valence-electron chi connectivity index (χ3n) is 3.46. The van der Waals surface area contributed by atoms with Crippen LogP contribution in [0.3, 0.4) is 0 Å². The number of rotatable bonds is 6. The van der Waals surface area contributed by atoms with Gasteiger partial charge in [-0.3, -0.25) is 4.79 Å². The first kappa shape index (κ1) is 14.4. The number of amides is 1. The fraction of sp³-hybridized carbons (Fsp3) is 0.533. The summed E-state index contributed by atoms with van der Waals surface area (Å²) < 4.78 is 0. The molecule has 1 fully saturated rings. The summed E-state index contributed by atoms with van der Waals surface area (Å²) in [4.78, 5) is 14.2. The van der Waals surface area contributed by atoms with Gasteiger partial charge in [0.15, 0.2) is 0 Å². The number of benzene rings is 1. The molecule has 1 atom stereocenters. The first-order chi connectivity index (χ1) is 9.11. The molecule has 0 aliphatic heterocycles. The molecule has 1 aliphatic carbocycles. The molecule has 1 aromatic rings. The van der Waals surface area contributed by atoms with Crippen LogP contribution in [0.1, 0.15) is 25.3 Å². The van der Waals surface area contributed by atoms with Crippen LogP contribution in [0.5, 0.6) is 0 Å². The van der Waals surface area contributed by atoms with E-state index in [0.717, 1.165) is 18.4 Å². The van der Waals surface area contributed by atoms with Crippen LogP contribution < -0.4 is 0 Å². The number of halogens is 1. The molecule has 0 aromatic heterocycles. The van der Waals surface area contributed by atoms with Crippen LogP contribution in [0, 0.1) is 5.92 Å². The molecule has 0 heterocycles. The van der Waals surface area contributed by atoms with E-state index in [0.29, 0.717) is 24.0 Å². The smallest absolute Gasteiger partial charge is 0.226 e. The Balaban J connectivity index is 1.98. The molecule has 0 bridgehead atoms. The Kier molecular flexibility index (Phi) is 4.83. The van der Waals surface area contributed by atoms with Gasteiger partial charge in [0, 0.05) is 23.5 Å². The summed E-state index contributed by atoms with van der Waals surface area (Å²) in [6.07, 6.45) is 2.82. The van der Waals surface area contributed by atoms with Crippen LogP contribution in [-0.4, -0.2) is 35.1 Å². The van der Waals surface area contributed by atoms with Crippen LogP contribution in [0.4, 0.5) is 0 Å². The number of hydrogen-bond acceptors (Lipinski definition) is 2. The lowest BCUT2D eigenvalue weighted by Crippen LogP contribution is -2.39. The lowest BCUT2D eigenvalue weighted by molar-refractivity contribution is -0.136. The number of carbonyl (C=O) groups excluding carboxylic acids is 1. The summed E-state index contributed by atoms with van der Waals surface area (Å²) in [6.45, 7) is 2.42. The molecule has 1 saturated carbocycles. The lowest BCUT2D eigenvalue weighted by atomic mass is 9.99. The molecule has 19 heavy (non-hydrogen) atoms. The maximum Gasteiger partial charge on any atom is 0.226 e. The second-order valence-electron chi connectivity index (χ2n) is 5.22. The summed E-state index contributed by atoms with van der Waals surface area (Å²) in [5.41, 5.74) is 1.08. The van der Waals surface area contributed by atoms with Crippen molar-refractivity contribution in [3.05, 3.63) is 34.9 Å². The molecule has 0 spiro atoms. The molecule has 0 saturated heterocycles. The molecule has 0 radical (unpaired) electrons. The minimum absolute atomic E-state index is 0.0339. The largest absolute Gasteiger partial charge is 0.395 e. The second kappa shape index (κ2) is 6.40. The van der Waals surface area contributed by atoms with Crippen molar-refractivity contribution in [1.29, 1.82) is 0 Å². The van der Waals surface area contributed by atoms with E-state index in [4.69, 9.17) is 16.7 Å². The topological polar surface area (TPSA) is 40.5 Å². The van der Waals surface area contributed by atoms with Crippen molar-refractivity contribution in [2.75, 3.05) is 13.2 Å². The van der Waals surface area contributed by atoms with Crippen molar-refractivity contribution in [2.45, 2.75) is 32.2 Å². The molecule has 1 amide bonds. The third kappa shape index (κ3) is 3.95. The Bertz CT molecular complexity index is 446. The van der Waals surface area contributed by atoms with E-state index in [9.17, 15) is 4.79 Å². The van der Waals surface area contributed by atoms with E-state index in [2.05, 4.69) is 0 Å². The van der Waals surface area contributed by atoms with Gasteiger partial charge in [0.2, 0.25) is 5.91 Å². The highest BCUT2D eigenvalue weighted by Crippen LogP contribution is 2.28. The van der Waals surface area contributed by atoms with Gasteiger partial charge in [-0.05, 0) is 37.0 Å². The fourth-order valence-corrected chi connectivity index (χ4v) is 2.57. The van der Waals surface area contributed by atoms with Crippen LogP contribution in [0.2, 0.25) is 5.02 Å². The summed E-state index contributed by atoms with van der Waals surface area (Å²) in [6, 6.07) is 7.98. The zero-order chi connectivity index (χ0) is 13.8. The predicted octanol–water partition coefficient (Wildman–Crippen LogP) is 2.50. The summed E-state index contributed by atoms with van der Waals surface area (Å²) in [7, 11) is 0. The van der Waals surface area contributed by atoms with Crippen LogP contribution in [0.25, 0.3) is 0 Å². The van der Waals surface area contributed by atoms with Crippen molar-refractivity contribution in [3.8, 4) is 0 Å². The first-order valence-corrected chi connectivity index (χ1v) is 7.15. The maximum atomic E-state index is 12.4. The van der Waals surface area contributed by atoms with Gasteiger partial charge < -0.3 is 10.0 Å². The fourth-order valence-electron chi connectivity index (χ4n) is 2.35. The van der Waals surface area contributed by atoms with Crippen LogP contribution >= 0.6 is 11.6 Å². The monoisotopic (exact) mass is 281 g/mol. The van der Waals surface area contributed by atoms with Gasteiger partial charge in [-0.1, -0.05) is 30.7 Å². The number of aliphatic hydroxyl groups excluding tert-OH is 1. The van der Waals surface area contributed by atoms with E-state index < -0.39 is 0 Å². The Morgan fingerprint density at radius 3 is 2.84 bits per heavy atom. The normalized spacial score (nSPS) is 16.2. The van der Waals surface area contributed by atoms with E-state index in [1.807, 2.05) is 36.1 Å². The first-order valence-electron chi connectivity index (χ1n) is 6.77. The minimum Gasteiger partial charge on any atom is -0.395 e. The molecule has 4 heteroatoms. The van der Waals surface area contributed by atoms with Gasteiger partial charge in [-0.15, -0.1) is 0 Å². The third-order valence-corrected chi connectivity index (χ3v) is 3.70. The van der Waals surface area contributed by atoms with E-state index >= 15 is 0 Å². The Labute approximate surface area is 119 Å². The Hall–Kier alpha value is -1.06. The average Bonchev–Trinajstić information content (AvgIpc) is 3.19.